The molecular formula is C8H11La. The summed E-state index contributed by atoms with van der Waals surface area (Å²) >= 11 is 1.06. The van der Waals surface area contributed by atoms with Crippen molar-refractivity contribution in [2.24, 2.45) is 0 Å². The molecule has 1 aliphatic carbocycles. The molecule has 0 aromatic heterocycles. The zero-order valence-corrected chi connectivity index (χ0v) is 9.91. The number of hydrogen-bond acceptors (Lipinski definition) is 0. The van der Waals surface area contributed by atoms with E-state index in [0.717, 1.165) is 33.7 Å². The van der Waals surface area contributed by atoms with E-state index in [-0.39, 0.29) is 0 Å². The van der Waals surface area contributed by atoms with Crippen molar-refractivity contribution in [3.63, 3.8) is 0 Å². The molecule has 0 nitrogen and oxygen atoms in total. The van der Waals surface area contributed by atoms with E-state index in [4.69, 9.17) is 0 Å². The van der Waals surface area contributed by atoms with Crippen LogP contribution < -0.4 is 0 Å². The molecule has 0 unspecified atom stereocenters. The van der Waals surface area contributed by atoms with Crippen molar-refractivity contribution in [1.29, 1.82) is 0 Å². The van der Waals surface area contributed by atoms with Crippen LogP contribution in [0.2, 0.25) is 0 Å². The molecule has 0 amide bonds. The van der Waals surface area contributed by atoms with E-state index in [9.17, 15) is 0 Å². The summed E-state index contributed by atoms with van der Waals surface area (Å²) in [5, 5.41) is 0. The van der Waals surface area contributed by atoms with Gasteiger partial charge in [0, 0.05) is 0 Å². The summed E-state index contributed by atoms with van der Waals surface area (Å²) in [6, 6.07) is 0. The van der Waals surface area contributed by atoms with Crippen LogP contribution >= 0.6 is 0 Å². The Morgan fingerprint density at radius 1 is 1.11 bits per heavy atom. The Kier molecular flexibility index (Phi) is 2.36. The molecule has 0 fully saturated rings. The topological polar surface area (TPSA) is 0 Å². The summed E-state index contributed by atoms with van der Waals surface area (Å²) in [5.41, 5.74) is 4.72. The number of hydrogen-bond donors (Lipinski definition) is 0. The first-order valence-corrected chi connectivity index (χ1v) is 5.06. The maximum atomic E-state index is 2.25. The molecule has 0 spiro atoms. The second-order valence-corrected chi connectivity index (χ2v) is 4.92. The molecule has 1 heteroatoms. The molecule has 1 aliphatic rings. The molecule has 0 bridgehead atoms. The fourth-order valence-electron chi connectivity index (χ4n) is 1.11. The standard InChI is InChI=1S/C8H11.La/c1-6-4-5-7(2)8(6)3;/h4H2,1-3H3;. The predicted octanol–water partition coefficient (Wildman–Crippen LogP) is 2.55. The molecule has 9 heavy (non-hydrogen) atoms. The monoisotopic (exact) mass is 246 g/mol. The normalized spacial score (nSPS) is 19.8. The van der Waals surface area contributed by atoms with Gasteiger partial charge < -0.3 is 0 Å². The van der Waals surface area contributed by atoms with Crippen LogP contribution in [-0.2, 0) is 0 Å². The Morgan fingerprint density at radius 2 is 1.67 bits per heavy atom. The zero-order chi connectivity index (χ0) is 7.02. The third-order valence-electron chi connectivity index (χ3n) is 2.14. The third kappa shape index (κ3) is 1.39. The van der Waals surface area contributed by atoms with Crippen LogP contribution in [0.5, 0.6) is 0 Å². The third-order valence-corrected chi connectivity index (χ3v) is 4.14. The zero-order valence-electron chi connectivity index (χ0n) is 6.28. The predicted molar refractivity (Wildman–Crippen MR) is 35.7 cm³/mol. The molecular weight excluding hydrogens is 235 g/mol. The van der Waals surface area contributed by atoms with Crippen molar-refractivity contribution in [3.05, 3.63) is 18.7 Å². The minimum absolute atomic E-state index is 1.06. The minimum atomic E-state index is 1.06. The Balaban J connectivity index is 2.97. The van der Waals surface area contributed by atoms with E-state index in [1.165, 1.54) is 6.42 Å². The fraction of sp³-hybridized carbons (Fsp3) is 0.500. The van der Waals surface area contributed by atoms with Crippen molar-refractivity contribution in [2.75, 3.05) is 0 Å². The van der Waals surface area contributed by atoms with Gasteiger partial charge in [0.1, 0.15) is 0 Å². The van der Waals surface area contributed by atoms with Crippen molar-refractivity contribution >= 4 is 0 Å². The second kappa shape index (κ2) is 2.73. The van der Waals surface area contributed by atoms with Crippen LogP contribution in [0, 0.1) is 33.7 Å². The van der Waals surface area contributed by atoms with Crippen LogP contribution in [0.1, 0.15) is 27.2 Å². The van der Waals surface area contributed by atoms with Crippen molar-refractivity contribution in [3.8, 4) is 0 Å². The van der Waals surface area contributed by atoms with Gasteiger partial charge in [-0.2, -0.15) is 0 Å². The van der Waals surface area contributed by atoms with E-state index in [1.54, 1.807) is 18.7 Å². The average Bonchev–Trinajstić information content (AvgIpc) is 1.98. The van der Waals surface area contributed by atoms with Crippen LogP contribution in [0.15, 0.2) is 18.7 Å². The molecule has 0 N–H and O–H groups in total. The van der Waals surface area contributed by atoms with Crippen molar-refractivity contribution in [2.45, 2.75) is 27.2 Å². The van der Waals surface area contributed by atoms with E-state index in [0.29, 0.717) is 0 Å². The fourth-order valence-corrected chi connectivity index (χ4v) is 2.75. The van der Waals surface area contributed by atoms with E-state index in [1.807, 2.05) is 0 Å². The summed E-state index contributed by atoms with van der Waals surface area (Å²) in [6.45, 7) is 6.73. The molecule has 0 heterocycles. The molecule has 0 radical (unpaired) electrons. The first-order valence-electron chi connectivity index (χ1n) is 3.25. The van der Waals surface area contributed by atoms with Gasteiger partial charge in [-0.05, 0) is 0 Å². The van der Waals surface area contributed by atoms with Gasteiger partial charge in [-0.15, -0.1) is 0 Å². The molecule has 0 aromatic carbocycles. The summed E-state index contributed by atoms with van der Waals surface area (Å²) in [6.07, 6.45) is 1.28. The van der Waals surface area contributed by atoms with Crippen molar-refractivity contribution in [1.82, 2.24) is 0 Å². The van der Waals surface area contributed by atoms with Gasteiger partial charge in [0.25, 0.3) is 0 Å². The summed E-state index contributed by atoms with van der Waals surface area (Å²) < 4.78 is 1.71. The summed E-state index contributed by atoms with van der Waals surface area (Å²) in [7, 11) is 0. The first kappa shape index (κ1) is 7.78. The van der Waals surface area contributed by atoms with Gasteiger partial charge in [-0.3, -0.25) is 0 Å². The molecule has 46 valence electrons. The number of rotatable bonds is 0. The van der Waals surface area contributed by atoms with Crippen LogP contribution in [-0.4, -0.2) is 0 Å². The average molecular weight is 246 g/mol. The Labute approximate surface area is 79.0 Å². The van der Waals surface area contributed by atoms with Gasteiger partial charge in [0.05, 0.1) is 0 Å². The van der Waals surface area contributed by atoms with Gasteiger partial charge in [0.15, 0.2) is 0 Å². The molecule has 0 atom stereocenters. The maximum absolute atomic E-state index is 2.25. The molecule has 1 rings (SSSR count). The molecule has 0 aromatic rings. The van der Waals surface area contributed by atoms with Gasteiger partial charge >= 0.3 is 79.6 Å². The van der Waals surface area contributed by atoms with E-state index in [2.05, 4.69) is 20.8 Å². The van der Waals surface area contributed by atoms with Crippen LogP contribution in [0.3, 0.4) is 0 Å². The van der Waals surface area contributed by atoms with Crippen LogP contribution in [0.4, 0.5) is 0 Å². The second-order valence-electron chi connectivity index (χ2n) is 2.73. The van der Waals surface area contributed by atoms with E-state index >= 15 is 0 Å². The van der Waals surface area contributed by atoms with Gasteiger partial charge in [0.2, 0.25) is 0 Å². The molecule has 0 saturated carbocycles. The Hall–Kier alpha value is 0.675. The van der Waals surface area contributed by atoms with Gasteiger partial charge in [-0.1, -0.05) is 0 Å². The number of allylic oxidation sites excluding steroid dienone is 4. The summed E-state index contributed by atoms with van der Waals surface area (Å²) in [5.74, 6) is 0. The Bertz CT molecular complexity index is 175. The molecule has 0 saturated heterocycles. The molecule has 0 aliphatic heterocycles. The van der Waals surface area contributed by atoms with Crippen LogP contribution in [0.25, 0.3) is 0 Å². The first-order chi connectivity index (χ1) is 4.13. The SMILES string of the molecule is CC1=C(C)C(C)=[C]([La])C1. The van der Waals surface area contributed by atoms with Crippen molar-refractivity contribution < 1.29 is 33.7 Å². The van der Waals surface area contributed by atoms with Gasteiger partial charge in [-0.25, -0.2) is 0 Å². The quantitative estimate of drug-likeness (QED) is 0.616. The summed E-state index contributed by atoms with van der Waals surface area (Å²) in [4.78, 5) is 0. The van der Waals surface area contributed by atoms with E-state index < -0.39 is 0 Å². The Morgan fingerprint density at radius 3 is 1.78 bits per heavy atom.